The summed E-state index contributed by atoms with van der Waals surface area (Å²) in [7, 11) is 0. The molecule has 12 heavy (non-hydrogen) atoms. The number of piperazine rings is 1. The minimum Gasteiger partial charge on any atom is -0.314 e. The lowest BCUT2D eigenvalue weighted by atomic mass is 9.84. The molecular weight excluding hydrogens is 148 g/mol. The molecule has 0 aromatic heterocycles. The summed E-state index contributed by atoms with van der Waals surface area (Å²) in [6.45, 7) is 13.9. The molecule has 0 spiro atoms. The van der Waals surface area contributed by atoms with E-state index < -0.39 is 0 Å². The van der Waals surface area contributed by atoms with Gasteiger partial charge < -0.3 is 5.32 Å². The van der Waals surface area contributed by atoms with Crippen molar-refractivity contribution in [2.75, 3.05) is 26.2 Å². The highest BCUT2D eigenvalue weighted by molar-refractivity contribution is 4.87. The van der Waals surface area contributed by atoms with Gasteiger partial charge in [-0.05, 0) is 12.0 Å². The van der Waals surface area contributed by atoms with Crippen molar-refractivity contribution in [1.82, 2.24) is 10.2 Å². The van der Waals surface area contributed by atoms with Crippen LogP contribution < -0.4 is 5.32 Å². The minimum atomic E-state index is 0.406. The quantitative estimate of drug-likeness (QED) is 0.638. The Balaban J connectivity index is 2.59. The lowest BCUT2D eigenvalue weighted by molar-refractivity contribution is 0.0807. The fourth-order valence-corrected chi connectivity index (χ4v) is 1.98. The van der Waals surface area contributed by atoms with Crippen LogP contribution in [0.2, 0.25) is 0 Å². The lowest BCUT2D eigenvalue weighted by Gasteiger charge is -2.43. The van der Waals surface area contributed by atoms with Gasteiger partial charge in [-0.3, -0.25) is 4.90 Å². The largest absolute Gasteiger partial charge is 0.314 e. The van der Waals surface area contributed by atoms with E-state index >= 15 is 0 Å². The highest BCUT2D eigenvalue weighted by Gasteiger charge is 2.30. The summed E-state index contributed by atoms with van der Waals surface area (Å²) in [5, 5.41) is 3.46. The van der Waals surface area contributed by atoms with E-state index in [9.17, 15) is 0 Å². The van der Waals surface area contributed by atoms with E-state index in [-0.39, 0.29) is 0 Å². The van der Waals surface area contributed by atoms with E-state index in [4.69, 9.17) is 0 Å². The Morgan fingerprint density at radius 1 is 1.42 bits per heavy atom. The zero-order valence-electron chi connectivity index (χ0n) is 8.85. The molecule has 0 aromatic carbocycles. The molecule has 1 aliphatic rings. The first kappa shape index (κ1) is 10.0. The zero-order chi connectivity index (χ0) is 9.19. The molecule has 1 atom stereocenters. The van der Waals surface area contributed by atoms with Crippen molar-refractivity contribution in [2.45, 2.75) is 33.7 Å². The molecule has 0 bridgehead atoms. The summed E-state index contributed by atoms with van der Waals surface area (Å²) in [4.78, 5) is 2.58. The average Bonchev–Trinajstić information content (AvgIpc) is 2.03. The number of rotatable bonds is 1. The lowest BCUT2D eigenvalue weighted by Crippen LogP contribution is -2.56. The summed E-state index contributed by atoms with van der Waals surface area (Å²) in [5.41, 5.74) is 0.406. The van der Waals surface area contributed by atoms with Crippen molar-refractivity contribution in [1.29, 1.82) is 0 Å². The van der Waals surface area contributed by atoms with E-state index in [0.717, 1.165) is 13.1 Å². The molecule has 0 radical (unpaired) electrons. The topological polar surface area (TPSA) is 15.3 Å². The number of nitrogens with zero attached hydrogens (tertiary/aromatic N) is 1. The molecule has 0 amide bonds. The van der Waals surface area contributed by atoms with Crippen molar-refractivity contribution in [3.8, 4) is 0 Å². The molecule has 2 nitrogen and oxygen atoms in total. The van der Waals surface area contributed by atoms with Gasteiger partial charge in [0, 0.05) is 25.7 Å². The molecule has 0 saturated carbocycles. The molecule has 72 valence electrons. The molecule has 1 N–H and O–H groups in total. The smallest absolute Gasteiger partial charge is 0.0269 e. The van der Waals surface area contributed by atoms with Crippen LogP contribution in [0.4, 0.5) is 0 Å². The first-order valence-corrected chi connectivity index (χ1v) is 5.00. The van der Waals surface area contributed by atoms with Crippen molar-refractivity contribution >= 4 is 0 Å². The first-order valence-electron chi connectivity index (χ1n) is 5.00. The third-order valence-corrected chi connectivity index (χ3v) is 2.76. The molecule has 2 heteroatoms. The van der Waals surface area contributed by atoms with Gasteiger partial charge in [0.2, 0.25) is 0 Å². The van der Waals surface area contributed by atoms with Gasteiger partial charge >= 0.3 is 0 Å². The second-order valence-corrected chi connectivity index (χ2v) is 4.71. The second-order valence-electron chi connectivity index (χ2n) is 4.71. The second kappa shape index (κ2) is 3.75. The van der Waals surface area contributed by atoms with Gasteiger partial charge in [-0.1, -0.05) is 27.7 Å². The molecule has 1 heterocycles. The summed E-state index contributed by atoms with van der Waals surface area (Å²) in [6, 6.07) is 0.705. The van der Waals surface area contributed by atoms with Crippen LogP contribution in [0.5, 0.6) is 0 Å². The van der Waals surface area contributed by atoms with E-state index in [2.05, 4.69) is 37.9 Å². The van der Waals surface area contributed by atoms with Crippen LogP contribution in [0.25, 0.3) is 0 Å². The van der Waals surface area contributed by atoms with Gasteiger partial charge in [-0.2, -0.15) is 0 Å². The predicted octanol–water partition coefficient (Wildman–Crippen LogP) is 1.33. The van der Waals surface area contributed by atoms with Gasteiger partial charge in [0.25, 0.3) is 0 Å². The van der Waals surface area contributed by atoms with Gasteiger partial charge in [-0.25, -0.2) is 0 Å². The summed E-state index contributed by atoms with van der Waals surface area (Å²) >= 11 is 0. The fourth-order valence-electron chi connectivity index (χ4n) is 1.98. The molecular formula is C10H22N2. The zero-order valence-corrected chi connectivity index (χ0v) is 8.85. The molecule has 1 saturated heterocycles. The number of likely N-dealkylation sites (N-methyl/N-ethyl adjacent to an activating group) is 1. The van der Waals surface area contributed by atoms with Crippen molar-refractivity contribution < 1.29 is 0 Å². The van der Waals surface area contributed by atoms with Crippen molar-refractivity contribution in [2.24, 2.45) is 5.41 Å². The molecule has 0 unspecified atom stereocenters. The SMILES string of the molecule is CCN1CCNC[C@H]1C(C)(C)C. The fraction of sp³-hybridized carbons (Fsp3) is 1.00. The Hall–Kier alpha value is -0.0800. The van der Waals surface area contributed by atoms with Gasteiger partial charge in [-0.15, -0.1) is 0 Å². The van der Waals surface area contributed by atoms with E-state index in [1.165, 1.54) is 13.1 Å². The van der Waals surface area contributed by atoms with E-state index in [1.54, 1.807) is 0 Å². The Labute approximate surface area is 76.3 Å². The van der Waals surface area contributed by atoms with Crippen molar-refractivity contribution in [3.05, 3.63) is 0 Å². The van der Waals surface area contributed by atoms with Crippen LogP contribution in [0.1, 0.15) is 27.7 Å². The first-order chi connectivity index (χ1) is 5.55. The molecule has 1 aliphatic heterocycles. The van der Waals surface area contributed by atoms with E-state index in [1.807, 2.05) is 0 Å². The van der Waals surface area contributed by atoms with Crippen molar-refractivity contribution in [3.63, 3.8) is 0 Å². The van der Waals surface area contributed by atoms with Gasteiger partial charge in [0.05, 0.1) is 0 Å². The summed E-state index contributed by atoms with van der Waals surface area (Å²) in [6.07, 6.45) is 0. The van der Waals surface area contributed by atoms with Crippen LogP contribution in [0.3, 0.4) is 0 Å². The average molecular weight is 170 g/mol. The number of hydrogen-bond donors (Lipinski definition) is 1. The highest BCUT2D eigenvalue weighted by atomic mass is 15.2. The van der Waals surface area contributed by atoms with Gasteiger partial charge in [0.15, 0.2) is 0 Å². The van der Waals surface area contributed by atoms with Crippen LogP contribution >= 0.6 is 0 Å². The summed E-state index contributed by atoms with van der Waals surface area (Å²) in [5.74, 6) is 0. The Morgan fingerprint density at radius 3 is 2.50 bits per heavy atom. The van der Waals surface area contributed by atoms with Crippen LogP contribution in [0.15, 0.2) is 0 Å². The molecule has 1 fully saturated rings. The number of nitrogens with one attached hydrogen (secondary N) is 1. The van der Waals surface area contributed by atoms with E-state index in [0.29, 0.717) is 11.5 Å². The molecule has 0 aromatic rings. The monoisotopic (exact) mass is 170 g/mol. The Bertz CT molecular complexity index is 137. The maximum atomic E-state index is 3.46. The standard InChI is InChI=1S/C10H22N2/c1-5-12-7-6-11-8-9(12)10(2,3)4/h9,11H,5-8H2,1-4H3/t9-/m0/s1. The van der Waals surface area contributed by atoms with Crippen LogP contribution in [-0.4, -0.2) is 37.1 Å². The third kappa shape index (κ3) is 2.20. The maximum absolute atomic E-state index is 3.46. The Morgan fingerprint density at radius 2 is 2.08 bits per heavy atom. The number of hydrogen-bond acceptors (Lipinski definition) is 2. The van der Waals surface area contributed by atoms with Gasteiger partial charge in [0.1, 0.15) is 0 Å². The molecule has 0 aliphatic carbocycles. The Kier molecular flexibility index (Phi) is 3.13. The van der Waals surface area contributed by atoms with Crippen LogP contribution in [-0.2, 0) is 0 Å². The molecule has 1 rings (SSSR count). The highest BCUT2D eigenvalue weighted by Crippen LogP contribution is 2.24. The predicted molar refractivity (Wildman–Crippen MR) is 53.4 cm³/mol. The normalized spacial score (nSPS) is 27.5. The maximum Gasteiger partial charge on any atom is 0.0269 e. The summed E-state index contributed by atoms with van der Waals surface area (Å²) < 4.78 is 0. The third-order valence-electron chi connectivity index (χ3n) is 2.76. The van der Waals surface area contributed by atoms with Crippen LogP contribution in [0, 0.1) is 5.41 Å². The minimum absolute atomic E-state index is 0.406.